The lowest BCUT2D eigenvalue weighted by atomic mass is 10.0. The lowest BCUT2D eigenvalue weighted by Gasteiger charge is -2.15. The molecule has 0 fully saturated rings. The first-order valence-corrected chi connectivity index (χ1v) is 10.2. The molecule has 0 bridgehead atoms. The normalized spacial score (nSPS) is 14.0. The number of fused-ring (bicyclic) bond motifs is 1. The van der Waals surface area contributed by atoms with E-state index in [0.29, 0.717) is 16.0 Å². The first-order valence-electron chi connectivity index (χ1n) is 9.47. The Bertz CT molecular complexity index is 976. The minimum Gasteiger partial charge on any atom is -0.370 e. The molecule has 2 heterocycles. The Kier molecular flexibility index (Phi) is 5.16. The molecule has 0 aliphatic carbocycles. The zero-order valence-electron chi connectivity index (χ0n) is 15.6. The average Bonchev–Trinajstić information content (AvgIpc) is 2.85. The van der Waals surface area contributed by atoms with Gasteiger partial charge in [-0.25, -0.2) is 4.68 Å². The zero-order chi connectivity index (χ0) is 19.0. The van der Waals surface area contributed by atoms with Crippen molar-refractivity contribution in [2.45, 2.75) is 39.0 Å². The minimum absolute atomic E-state index is 0.407. The third-order valence-electron chi connectivity index (χ3n) is 5.12. The molecule has 1 aliphatic heterocycles. The van der Waals surface area contributed by atoms with Crippen molar-refractivity contribution >= 4 is 29.0 Å². The van der Waals surface area contributed by atoms with E-state index >= 15 is 0 Å². The second-order valence-electron chi connectivity index (χ2n) is 7.29. The molecule has 3 nitrogen and oxygen atoms in total. The quantitative estimate of drug-likeness (QED) is 0.529. The van der Waals surface area contributed by atoms with Crippen LogP contribution in [-0.2, 0) is 6.42 Å². The summed E-state index contributed by atoms with van der Waals surface area (Å²) >= 11 is 12.8. The Morgan fingerprint density at radius 3 is 2.67 bits per heavy atom. The van der Waals surface area contributed by atoms with E-state index in [0.717, 1.165) is 48.6 Å². The van der Waals surface area contributed by atoms with Crippen molar-refractivity contribution in [3.63, 3.8) is 0 Å². The SMILES string of the molecule is CC(C)c1ccccc1-n1nc(-c2cccc(Cl)c2Cl)c2c1NCCCC2. The summed E-state index contributed by atoms with van der Waals surface area (Å²) in [5.41, 5.74) is 5.42. The first-order chi connectivity index (χ1) is 13.1. The van der Waals surface area contributed by atoms with Crippen molar-refractivity contribution in [2.24, 2.45) is 0 Å². The second-order valence-corrected chi connectivity index (χ2v) is 8.07. The maximum atomic E-state index is 6.55. The number of anilines is 1. The van der Waals surface area contributed by atoms with E-state index in [9.17, 15) is 0 Å². The molecule has 0 saturated heterocycles. The molecule has 0 unspecified atom stereocenters. The molecule has 2 aromatic carbocycles. The van der Waals surface area contributed by atoms with E-state index < -0.39 is 0 Å². The van der Waals surface area contributed by atoms with E-state index in [2.05, 4.69) is 48.1 Å². The topological polar surface area (TPSA) is 29.9 Å². The number of nitrogens with zero attached hydrogens (tertiary/aromatic N) is 2. The summed E-state index contributed by atoms with van der Waals surface area (Å²) in [6.45, 7) is 5.37. The van der Waals surface area contributed by atoms with Gasteiger partial charge in [0.2, 0.25) is 0 Å². The van der Waals surface area contributed by atoms with E-state index in [4.69, 9.17) is 28.3 Å². The molecule has 1 aliphatic rings. The first kappa shape index (κ1) is 18.4. The maximum absolute atomic E-state index is 6.55. The van der Waals surface area contributed by atoms with Crippen LogP contribution in [0.4, 0.5) is 5.82 Å². The molecular weight excluding hydrogens is 377 g/mol. The fourth-order valence-corrected chi connectivity index (χ4v) is 4.14. The molecule has 1 aromatic heterocycles. The summed E-state index contributed by atoms with van der Waals surface area (Å²) in [5, 5.41) is 9.76. The van der Waals surface area contributed by atoms with Crippen LogP contribution in [-0.4, -0.2) is 16.3 Å². The fourth-order valence-electron chi connectivity index (χ4n) is 3.75. The molecule has 3 aromatic rings. The molecule has 0 amide bonds. The van der Waals surface area contributed by atoms with Gasteiger partial charge in [0, 0.05) is 17.7 Å². The Labute approximate surface area is 170 Å². The van der Waals surface area contributed by atoms with Gasteiger partial charge in [0.05, 0.1) is 21.4 Å². The zero-order valence-corrected chi connectivity index (χ0v) is 17.1. The third kappa shape index (κ3) is 3.35. The molecule has 4 rings (SSSR count). The number of halogens is 2. The van der Waals surface area contributed by atoms with Gasteiger partial charge in [0.1, 0.15) is 5.82 Å². The number of hydrogen-bond donors (Lipinski definition) is 1. The van der Waals surface area contributed by atoms with Crippen LogP contribution in [0.1, 0.15) is 43.7 Å². The molecule has 5 heteroatoms. The van der Waals surface area contributed by atoms with E-state index in [-0.39, 0.29) is 0 Å². The number of aromatic nitrogens is 2. The smallest absolute Gasteiger partial charge is 0.133 e. The summed E-state index contributed by atoms with van der Waals surface area (Å²) < 4.78 is 2.06. The van der Waals surface area contributed by atoms with Crippen LogP contribution in [0.2, 0.25) is 10.0 Å². The minimum atomic E-state index is 0.407. The van der Waals surface area contributed by atoms with E-state index in [1.807, 2.05) is 18.2 Å². The van der Waals surface area contributed by atoms with Crippen LogP contribution in [0.25, 0.3) is 16.9 Å². The third-order valence-corrected chi connectivity index (χ3v) is 5.94. The lowest BCUT2D eigenvalue weighted by molar-refractivity contribution is 0.776. The highest BCUT2D eigenvalue weighted by Crippen LogP contribution is 2.40. The predicted octanol–water partition coefficient (Wildman–Crippen LogP) is 6.72. The highest BCUT2D eigenvalue weighted by molar-refractivity contribution is 6.43. The molecule has 0 saturated carbocycles. The average molecular weight is 400 g/mol. The summed E-state index contributed by atoms with van der Waals surface area (Å²) in [6, 6.07) is 14.2. The number of para-hydroxylation sites is 1. The molecular formula is C22H23Cl2N3. The van der Waals surface area contributed by atoms with Gasteiger partial charge in [-0.2, -0.15) is 5.10 Å². The number of benzene rings is 2. The number of hydrogen-bond acceptors (Lipinski definition) is 2. The van der Waals surface area contributed by atoms with Gasteiger partial charge in [0.15, 0.2) is 0 Å². The molecule has 0 atom stereocenters. The Hall–Kier alpha value is -1.97. The lowest BCUT2D eigenvalue weighted by Crippen LogP contribution is -2.09. The monoisotopic (exact) mass is 399 g/mol. The van der Waals surface area contributed by atoms with Crippen molar-refractivity contribution in [3.8, 4) is 16.9 Å². The van der Waals surface area contributed by atoms with Gasteiger partial charge in [-0.3, -0.25) is 0 Å². The van der Waals surface area contributed by atoms with Crippen LogP contribution >= 0.6 is 23.2 Å². The van der Waals surface area contributed by atoms with Crippen molar-refractivity contribution in [1.29, 1.82) is 0 Å². The summed E-state index contributed by atoms with van der Waals surface area (Å²) in [6.07, 6.45) is 3.25. The Morgan fingerprint density at radius 1 is 1.04 bits per heavy atom. The molecule has 0 spiro atoms. The molecule has 1 N–H and O–H groups in total. The van der Waals surface area contributed by atoms with Crippen molar-refractivity contribution < 1.29 is 0 Å². The van der Waals surface area contributed by atoms with Gasteiger partial charge in [0.25, 0.3) is 0 Å². The highest BCUT2D eigenvalue weighted by Gasteiger charge is 2.24. The van der Waals surface area contributed by atoms with Crippen LogP contribution in [0.3, 0.4) is 0 Å². The maximum Gasteiger partial charge on any atom is 0.133 e. The Morgan fingerprint density at radius 2 is 1.85 bits per heavy atom. The Balaban J connectivity index is 1.97. The van der Waals surface area contributed by atoms with Gasteiger partial charge in [-0.1, -0.05) is 67.4 Å². The van der Waals surface area contributed by atoms with Gasteiger partial charge >= 0.3 is 0 Å². The standard InChI is InChI=1S/C22H23Cl2N3/c1-14(2)15-8-3-4-12-19(15)27-22-17(9-5-6-13-25-22)21(26-27)16-10-7-11-18(23)20(16)24/h3-4,7-8,10-12,14,25H,5-6,9,13H2,1-2H3. The van der Waals surface area contributed by atoms with Crippen molar-refractivity contribution in [2.75, 3.05) is 11.9 Å². The summed E-state index contributed by atoms with van der Waals surface area (Å²) in [7, 11) is 0. The van der Waals surface area contributed by atoms with Crippen LogP contribution in [0, 0.1) is 0 Å². The van der Waals surface area contributed by atoms with E-state index in [1.54, 1.807) is 0 Å². The second kappa shape index (κ2) is 7.57. The molecule has 140 valence electrons. The van der Waals surface area contributed by atoms with Crippen LogP contribution < -0.4 is 5.32 Å². The summed E-state index contributed by atoms with van der Waals surface area (Å²) in [4.78, 5) is 0. The predicted molar refractivity (Wildman–Crippen MR) is 115 cm³/mol. The van der Waals surface area contributed by atoms with Gasteiger partial charge in [-0.05, 0) is 42.9 Å². The van der Waals surface area contributed by atoms with Gasteiger partial charge in [-0.15, -0.1) is 0 Å². The molecule has 0 radical (unpaired) electrons. The number of nitrogens with one attached hydrogen (secondary N) is 1. The fraction of sp³-hybridized carbons (Fsp3) is 0.318. The van der Waals surface area contributed by atoms with E-state index in [1.165, 1.54) is 11.1 Å². The largest absolute Gasteiger partial charge is 0.370 e. The van der Waals surface area contributed by atoms with Gasteiger partial charge < -0.3 is 5.32 Å². The van der Waals surface area contributed by atoms with Crippen molar-refractivity contribution in [1.82, 2.24) is 9.78 Å². The summed E-state index contributed by atoms with van der Waals surface area (Å²) in [5.74, 6) is 1.48. The molecule has 27 heavy (non-hydrogen) atoms. The number of rotatable bonds is 3. The van der Waals surface area contributed by atoms with Crippen LogP contribution in [0.15, 0.2) is 42.5 Å². The van der Waals surface area contributed by atoms with Crippen LogP contribution in [0.5, 0.6) is 0 Å². The van der Waals surface area contributed by atoms with Crippen molar-refractivity contribution in [3.05, 3.63) is 63.6 Å². The highest BCUT2D eigenvalue weighted by atomic mass is 35.5.